The molecule has 5 nitrogen and oxygen atoms in total. The Balaban J connectivity index is 2.23. The van der Waals surface area contributed by atoms with Crippen LogP contribution >= 0.6 is 27.3 Å². The van der Waals surface area contributed by atoms with Gasteiger partial charge in [-0.05, 0) is 28.1 Å². The zero-order valence-electron chi connectivity index (χ0n) is 7.31. The average molecular weight is 289 g/mol. The van der Waals surface area contributed by atoms with Crippen LogP contribution in [0.4, 0.5) is 0 Å². The van der Waals surface area contributed by atoms with Gasteiger partial charge in [-0.25, -0.2) is 0 Å². The van der Waals surface area contributed by atoms with E-state index in [1.165, 1.54) is 11.3 Å². The summed E-state index contributed by atoms with van der Waals surface area (Å²) >= 11 is 4.76. The van der Waals surface area contributed by atoms with Crippen molar-refractivity contribution in [1.29, 1.82) is 0 Å². The lowest BCUT2D eigenvalue weighted by molar-refractivity contribution is -0.136. The number of carboxylic acid groups (broad SMARTS) is 1. The third-order valence-corrected chi connectivity index (χ3v) is 3.17. The predicted octanol–water partition coefficient (Wildman–Crippen LogP) is 2.19. The van der Waals surface area contributed by atoms with Gasteiger partial charge in [0.1, 0.15) is 6.42 Å². The summed E-state index contributed by atoms with van der Waals surface area (Å²) in [6.07, 6.45) is -0.226. The van der Waals surface area contributed by atoms with Crippen molar-refractivity contribution in [2.75, 3.05) is 0 Å². The van der Waals surface area contributed by atoms with Crippen molar-refractivity contribution in [2.24, 2.45) is 0 Å². The van der Waals surface area contributed by atoms with Crippen molar-refractivity contribution in [3.05, 3.63) is 21.7 Å². The summed E-state index contributed by atoms with van der Waals surface area (Å²) in [5.74, 6) is -0.446. The van der Waals surface area contributed by atoms with Gasteiger partial charge in [0.15, 0.2) is 5.82 Å². The van der Waals surface area contributed by atoms with E-state index >= 15 is 0 Å². The minimum atomic E-state index is -0.977. The van der Waals surface area contributed by atoms with Crippen molar-refractivity contribution in [1.82, 2.24) is 10.1 Å². The Hall–Kier alpha value is -1.21. The van der Waals surface area contributed by atoms with E-state index in [1.54, 1.807) is 0 Å². The third-order valence-electron chi connectivity index (χ3n) is 1.56. The number of aromatic nitrogens is 2. The van der Waals surface area contributed by atoms with Gasteiger partial charge in [-0.2, -0.15) is 4.98 Å². The second-order valence-corrected chi connectivity index (χ2v) is 5.15. The molecule has 78 valence electrons. The molecule has 0 amide bonds. The molecule has 15 heavy (non-hydrogen) atoms. The van der Waals surface area contributed by atoms with Gasteiger partial charge >= 0.3 is 5.97 Å². The highest BCUT2D eigenvalue weighted by atomic mass is 79.9. The summed E-state index contributed by atoms with van der Waals surface area (Å²) in [7, 11) is 0. The fourth-order valence-corrected chi connectivity index (χ4v) is 2.30. The van der Waals surface area contributed by atoms with Crippen molar-refractivity contribution >= 4 is 33.2 Å². The van der Waals surface area contributed by atoms with E-state index in [-0.39, 0.29) is 12.2 Å². The number of hydrogen-bond donors (Lipinski definition) is 1. The average Bonchev–Trinajstić information content (AvgIpc) is 2.72. The quantitative estimate of drug-likeness (QED) is 0.937. The summed E-state index contributed by atoms with van der Waals surface area (Å²) in [5.41, 5.74) is 0. The third kappa shape index (κ3) is 2.42. The van der Waals surface area contributed by atoms with E-state index in [2.05, 4.69) is 26.1 Å². The molecule has 0 saturated carbocycles. The molecule has 0 spiro atoms. The maximum Gasteiger partial charge on any atom is 0.311 e. The van der Waals surface area contributed by atoms with Crippen LogP contribution in [0.15, 0.2) is 20.4 Å². The lowest BCUT2D eigenvalue weighted by Crippen LogP contribution is -2.01. The number of nitrogens with zero attached hydrogens (tertiary/aromatic N) is 2. The number of carbonyl (C=O) groups is 1. The van der Waals surface area contributed by atoms with Crippen LogP contribution in [0.25, 0.3) is 10.8 Å². The lowest BCUT2D eigenvalue weighted by Gasteiger charge is -1.84. The number of thiophene rings is 1. The van der Waals surface area contributed by atoms with Crippen LogP contribution in [0.5, 0.6) is 0 Å². The molecule has 2 heterocycles. The Morgan fingerprint density at radius 2 is 2.40 bits per heavy atom. The van der Waals surface area contributed by atoms with Crippen molar-refractivity contribution < 1.29 is 14.4 Å². The van der Waals surface area contributed by atoms with Gasteiger partial charge in [-0.1, -0.05) is 5.16 Å². The van der Waals surface area contributed by atoms with Crippen LogP contribution in [-0.2, 0) is 11.2 Å². The van der Waals surface area contributed by atoms with Crippen LogP contribution in [0.3, 0.4) is 0 Å². The standard InChI is InChI=1S/C8H5BrN2O3S/c9-5-2-1-4(15-5)8-10-6(11-14-8)3-7(12)13/h1-2H,3H2,(H,12,13). The highest BCUT2D eigenvalue weighted by Crippen LogP contribution is 2.29. The molecule has 1 N–H and O–H groups in total. The molecule has 2 aromatic heterocycles. The zero-order valence-corrected chi connectivity index (χ0v) is 9.71. The van der Waals surface area contributed by atoms with Gasteiger partial charge < -0.3 is 9.63 Å². The molecule has 0 bridgehead atoms. The first-order valence-electron chi connectivity index (χ1n) is 3.95. The van der Waals surface area contributed by atoms with Crippen LogP contribution < -0.4 is 0 Å². The van der Waals surface area contributed by atoms with Gasteiger partial charge in [0.05, 0.1) is 8.66 Å². The van der Waals surface area contributed by atoms with E-state index < -0.39 is 5.97 Å². The molecule has 0 radical (unpaired) electrons. The van der Waals surface area contributed by atoms with E-state index in [0.29, 0.717) is 5.89 Å². The van der Waals surface area contributed by atoms with Crippen molar-refractivity contribution in [3.63, 3.8) is 0 Å². The van der Waals surface area contributed by atoms with E-state index in [9.17, 15) is 4.79 Å². The van der Waals surface area contributed by atoms with Gasteiger partial charge in [-0.15, -0.1) is 11.3 Å². The number of hydrogen-bond acceptors (Lipinski definition) is 5. The van der Waals surface area contributed by atoms with E-state index in [1.807, 2.05) is 12.1 Å². The van der Waals surface area contributed by atoms with Crippen LogP contribution in [0.2, 0.25) is 0 Å². The molecule has 0 fully saturated rings. The molecule has 0 unspecified atom stereocenters. The number of carboxylic acids is 1. The molecule has 0 aliphatic heterocycles. The molecule has 0 atom stereocenters. The maximum absolute atomic E-state index is 10.4. The van der Waals surface area contributed by atoms with Crippen molar-refractivity contribution in [3.8, 4) is 10.8 Å². The van der Waals surface area contributed by atoms with Gasteiger partial charge in [-0.3, -0.25) is 4.79 Å². The Labute approximate surface area is 96.9 Å². The molecule has 0 saturated heterocycles. The minimum absolute atomic E-state index is 0.182. The molecular weight excluding hydrogens is 284 g/mol. The summed E-state index contributed by atoms with van der Waals surface area (Å²) < 4.78 is 5.88. The van der Waals surface area contributed by atoms with Gasteiger partial charge in [0.25, 0.3) is 5.89 Å². The lowest BCUT2D eigenvalue weighted by atomic mass is 10.4. The van der Waals surface area contributed by atoms with E-state index in [4.69, 9.17) is 9.63 Å². The van der Waals surface area contributed by atoms with Crippen LogP contribution in [0.1, 0.15) is 5.82 Å². The molecule has 7 heteroatoms. The molecule has 0 aliphatic rings. The number of rotatable bonds is 3. The Morgan fingerprint density at radius 3 is 3.00 bits per heavy atom. The fourth-order valence-electron chi connectivity index (χ4n) is 0.990. The normalized spacial score (nSPS) is 10.5. The Bertz CT molecular complexity index is 494. The largest absolute Gasteiger partial charge is 0.481 e. The molecule has 0 aromatic carbocycles. The predicted molar refractivity (Wildman–Crippen MR) is 56.7 cm³/mol. The highest BCUT2D eigenvalue weighted by Gasteiger charge is 2.12. The maximum atomic E-state index is 10.4. The molecular formula is C8H5BrN2O3S. The minimum Gasteiger partial charge on any atom is -0.481 e. The Morgan fingerprint density at radius 1 is 1.60 bits per heavy atom. The first-order chi connectivity index (χ1) is 7.15. The molecule has 2 rings (SSSR count). The first-order valence-corrected chi connectivity index (χ1v) is 5.56. The van der Waals surface area contributed by atoms with Gasteiger partial charge in [0, 0.05) is 0 Å². The topological polar surface area (TPSA) is 76.2 Å². The summed E-state index contributed by atoms with van der Waals surface area (Å²) in [5, 5.41) is 12.1. The summed E-state index contributed by atoms with van der Waals surface area (Å²) in [4.78, 5) is 15.2. The molecule has 0 aliphatic carbocycles. The number of halogens is 1. The Kier molecular flexibility index (Phi) is 2.83. The van der Waals surface area contributed by atoms with Crippen molar-refractivity contribution in [2.45, 2.75) is 6.42 Å². The van der Waals surface area contributed by atoms with E-state index in [0.717, 1.165) is 8.66 Å². The smallest absolute Gasteiger partial charge is 0.311 e. The SMILES string of the molecule is O=C(O)Cc1noc(-c2ccc(Br)s2)n1. The first kappa shape index (κ1) is 10.3. The molecule has 2 aromatic rings. The summed E-state index contributed by atoms with van der Waals surface area (Å²) in [6, 6.07) is 3.69. The fraction of sp³-hybridized carbons (Fsp3) is 0.125. The highest BCUT2D eigenvalue weighted by molar-refractivity contribution is 9.11. The second-order valence-electron chi connectivity index (χ2n) is 2.69. The van der Waals surface area contributed by atoms with Gasteiger partial charge in [0.2, 0.25) is 0 Å². The second kappa shape index (κ2) is 4.11. The van der Waals surface area contributed by atoms with Crippen LogP contribution in [-0.4, -0.2) is 21.2 Å². The number of aliphatic carboxylic acids is 1. The summed E-state index contributed by atoms with van der Waals surface area (Å²) in [6.45, 7) is 0. The van der Waals surface area contributed by atoms with Crippen LogP contribution in [0, 0.1) is 0 Å². The monoisotopic (exact) mass is 288 g/mol. The zero-order chi connectivity index (χ0) is 10.8.